The van der Waals surface area contributed by atoms with Gasteiger partial charge in [-0.25, -0.2) is 0 Å². The van der Waals surface area contributed by atoms with E-state index in [1.807, 2.05) is 121 Å². The predicted molar refractivity (Wildman–Crippen MR) is 430 cm³/mol. The van der Waals surface area contributed by atoms with E-state index in [4.69, 9.17) is 108 Å². The van der Waals surface area contributed by atoms with Crippen LogP contribution in [0.3, 0.4) is 0 Å². The minimum atomic E-state index is -0.611. The SMILES string of the molecule is CC(=O)c1cc(O)c(O)c(O)c1.CC(=O)c1cc(O)c(O)c(O)c1.COc1cc(O)ccc1C.Cc1cc(O)c(O)c(O)c1.Cc1ccc(-c2ccccc2)cc1O.Cc1ccc(O)cc1.Cc1ccc(O)cc1Br.Cc1ccc(O)cc1C.Cc1ccc(O)cc1Cl.Cc1cccc(O)c1O.Oc1ccccc1O. The van der Waals surface area contributed by atoms with Crippen molar-refractivity contribution in [2.45, 2.75) is 76.2 Å². The molecule has 19 N–H and O–H groups in total. The third-order valence-electron chi connectivity index (χ3n) is 14.8. The van der Waals surface area contributed by atoms with Crippen molar-refractivity contribution in [3.05, 3.63) is 295 Å². The van der Waals surface area contributed by atoms with Gasteiger partial charge in [0.05, 0.1) is 7.11 Å². The van der Waals surface area contributed by atoms with E-state index >= 15 is 0 Å². The molecule has 0 saturated heterocycles. The van der Waals surface area contributed by atoms with Crippen molar-refractivity contribution in [3.8, 4) is 126 Å². The maximum atomic E-state index is 10.8. The molecule has 582 valence electrons. The minimum Gasteiger partial charge on any atom is -0.508 e. The molecule has 0 unspecified atom stereocenters. The summed E-state index contributed by atoms with van der Waals surface area (Å²) in [7, 11) is 1.59. The lowest BCUT2D eigenvalue weighted by molar-refractivity contribution is 0.100. The topological polar surface area (TPSA) is 428 Å². The molecule has 0 atom stereocenters. The Labute approximate surface area is 651 Å². The molecule has 22 nitrogen and oxygen atoms in total. The van der Waals surface area contributed by atoms with Gasteiger partial charge in [0.15, 0.2) is 86.3 Å². The fourth-order valence-corrected chi connectivity index (χ4v) is 8.67. The summed E-state index contributed by atoms with van der Waals surface area (Å²) in [6.45, 7) is 19.7. The average molecular weight is 1590 g/mol. The fraction of sp³-hybridized carbons (Fsp3) is 0.140. The van der Waals surface area contributed by atoms with Gasteiger partial charge in [-0.05, 0) is 247 Å². The molecule has 12 rings (SSSR count). The van der Waals surface area contributed by atoms with Crippen molar-refractivity contribution in [2.24, 2.45) is 0 Å². The third kappa shape index (κ3) is 33.9. The molecule has 0 aromatic heterocycles. The van der Waals surface area contributed by atoms with Crippen molar-refractivity contribution in [3.63, 3.8) is 0 Å². The Hall–Kier alpha value is -13.3. The normalized spacial score (nSPS) is 9.58. The van der Waals surface area contributed by atoms with E-state index in [2.05, 4.69) is 15.9 Å². The highest BCUT2D eigenvalue weighted by Gasteiger charge is 2.12. The molecule has 0 heterocycles. The summed E-state index contributed by atoms with van der Waals surface area (Å²) in [5, 5.41) is 170. The molecule has 0 aliphatic carbocycles. The fourth-order valence-electron chi connectivity index (χ4n) is 8.13. The van der Waals surface area contributed by atoms with Crippen LogP contribution in [-0.2, 0) is 0 Å². The summed E-state index contributed by atoms with van der Waals surface area (Å²) < 4.78 is 5.91. The number of hydrogen-bond donors (Lipinski definition) is 19. The van der Waals surface area contributed by atoms with Gasteiger partial charge < -0.3 is 102 Å². The standard InChI is InChI=1S/C13H12O.2C8H8O4.C8H10O2.C8H10O.C7H7BrO.C7H7ClO.C7H8O3.C7H8O2.C7H8O.C6H6O2/c1-10-7-8-12(9-13(10)14)11-5-3-2-4-6-11;2*1-4(9)5-2-6(10)8(12)7(11)3-5;1-6-3-4-7(9)5-8(6)10-2;1-6-3-4-8(9)5-7(6)2;2*1-5-2-3-6(9)4-7(5)8;1-4-2-5(8)7(10)6(9)3-4;1-5-3-2-4-6(8)7(5)9;1-6-2-4-7(8)5-3-6;7-5-3-1-2-4-6(5)8/h2-9,14H,1H3;2*2-3,10-12H,1H3;3-5,9H,1-2H3;3-5,9H,1-2H3;2*2-4,9H,1H3;2-3,8-10H,1H3;2-4,8-9H,1H3;2-5,8H,1H3;1-4,7-8H. The lowest BCUT2D eigenvalue weighted by Gasteiger charge is -2.03. The molecule has 0 aliphatic rings. The first-order chi connectivity index (χ1) is 51.6. The summed E-state index contributed by atoms with van der Waals surface area (Å²) in [5.41, 5.74) is 11.4. The quantitative estimate of drug-likeness (QED) is 0.0575. The Balaban J connectivity index is 0.000000412. The highest BCUT2D eigenvalue weighted by Crippen LogP contribution is 2.38. The van der Waals surface area contributed by atoms with Crippen LogP contribution in [0.5, 0.6) is 115 Å². The van der Waals surface area contributed by atoms with Crippen molar-refractivity contribution < 1.29 is 111 Å². The van der Waals surface area contributed by atoms with Crippen LogP contribution in [0.25, 0.3) is 11.1 Å². The van der Waals surface area contributed by atoms with Gasteiger partial charge in [0.1, 0.15) is 40.2 Å². The van der Waals surface area contributed by atoms with Crippen LogP contribution in [0.15, 0.2) is 229 Å². The summed E-state index contributed by atoms with van der Waals surface area (Å²) in [5.74, 6) is -2.60. The zero-order valence-corrected chi connectivity index (χ0v) is 64.7. The molecule has 0 saturated carbocycles. The number of ketones is 2. The molecule has 110 heavy (non-hydrogen) atoms. The molecule has 12 aromatic carbocycles. The molecular weight excluding hydrogens is 1500 g/mol. The van der Waals surface area contributed by atoms with Crippen molar-refractivity contribution >= 4 is 39.1 Å². The number of phenols is 19. The van der Waals surface area contributed by atoms with E-state index in [1.54, 1.807) is 112 Å². The molecule has 0 aliphatic heterocycles. The van der Waals surface area contributed by atoms with Gasteiger partial charge in [0.25, 0.3) is 0 Å². The van der Waals surface area contributed by atoms with Crippen molar-refractivity contribution in [1.29, 1.82) is 0 Å². The number of methoxy groups -OCH3 is 1. The molecule has 24 heteroatoms. The van der Waals surface area contributed by atoms with Crippen LogP contribution in [0.1, 0.15) is 84.6 Å². The van der Waals surface area contributed by atoms with Gasteiger partial charge in [-0.2, -0.15) is 0 Å². The number of ether oxygens (including phenoxy) is 1. The summed E-state index contributed by atoms with van der Waals surface area (Å²) in [6.07, 6.45) is 0. The number of Topliss-reactive ketones (excluding diaryl/α,β-unsaturated/α-hetero) is 2. The van der Waals surface area contributed by atoms with E-state index in [0.717, 1.165) is 73.4 Å². The molecule has 0 bridgehead atoms. The first kappa shape index (κ1) is 92.8. The zero-order chi connectivity index (χ0) is 83.2. The maximum Gasteiger partial charge on any atom is 0.200 e. The van der Waals surface area contributed by atoms with Gasteiger partial charge in [-0.15, -0.1) is 0 Å². The number of carbonyl (C=O) groups is 2. The Morgan fingerprint density at radius 2 is 0.664 bits per heavy atom. The lowest BCUT2D eigenvalue weighted by atomic mass is 10.0. The van der Waals surface area contributed by atoms with Gasteiger partial charge in [0.2, 0.25) is 0 Å². The monoisotopic (exact) mass is 1590 g/mol. The molecule has 0 spiro atoms. The van der Waals surface area contributed by atoms with Crippen LogP contribution < -0.4 is 4.74 Å². The number of para-hydroxylation sites is 3. The maximum absolute atomic E-state index is 10.8. The Morgan fingerprint density at radius 1 is 0.282 bits per heavy atom. The van der Waals surface area contributed by atoms with E-state index in [1.165, 1.54) is 61.4 Å². The Morgan fingerprint density at radius 3 is 1.02 bits per heavy atom. The molecule has 0 fully saturated rings. The molecule has 12 aromatic rings. The largest absolute Gasteiger partial charge is 0.508 e. The van der Waals surface area contributed by atoms with Gasteiger partial charge in [-0.1, -0.05) is 136 Å². The Bertz CT molecular complexity index is 4600. The van der Waals surface area contributed by atoms with Crippen molar-refractivity contribution in [1.82, 2.24) is 0 Å². The number of hydrogen-bond acceptors (Lipinski definition) is 22. The predicted octanol–water partition coefficient (Wildman–Crippen LogP) is 19.2. The summed E-state index contributed by atoms with van der Waals surface area (Å²) >= 11 is 8.94. The first-order valence-corrected chi connectivity index (χ1v) is 34.0. The third-order valence-corrected chi connectivity index (χ3v) is 16.1. The highest BCUT2D eigenvalue weighted by molar-refractivity contribution is 9.10. The van der Waals surface area contributed by atoms with Crippen LogP contribution >= 0.6 is 27.5 Å². The van der Waals surface area contributed by atoms with Crippen LogP contribution in [-0.4, -0.2) is 116 Å². The first-order valence-electron chi connectivity index (χ1n) is 32.9. The van der Waals surface area contributed by atoms with Crippen LogP contribution in [0.2, 0.25) is 5.02 Å². The van der Waals surface area contributed by atoms with Crippen LogP contribution in [0, 0.1) is 62.3 Å². The second-order valence-corrected chi connectivity index (χ2v) is 25.2. The van der Waals surface area contributed by atoms with E-state index in [0.29, 0.717) is 39.1 Å². The van der Waals surface area contributed by atoms with Gasteiger partial charge in [-0.3, -0.25) is 9.59 Å². The minimum absolute atomic E-state index is 0.0301. The van der Waals surface area contributed by atoms with E-state index in [-0.39, 0.29) is 68.7 Å². The number of halogens is 2. The van der Waals surface area contributed by atoms with Gasteiger partial charge >= 0.3 is 0 Å². The number of carbonyl (C=O) groups excluding carboxylic acids is 2. The average Bonchev–Trinajstić information content (AvgIpc) is 0.853. The number of rotatable bonds is 4. The second-order valence-electron chi connectivity index (χ2n) is 23.9. The smallest absolute Gasteiger partial charge is 0.200 e. The Kier molecular flexibility index (Phi) is 39.4. The van der Waals surface area contributed by atoms with E-state index in [9.17, 15) is 14.7 Å². The van der Waals surface area contributed by atoms with Crippen molar-refractivity contribution in [2.75, 3.05) is 7.11 Å². The van der Waals surface area contributed by atoms with Gasteiger partial charge in [0, 0.05) is 26.7 Å². The number of benzene rings is 12. The summed E-state index contributed by atoms with van der Waals surface area (Å²) in [4.78, 5) is 21.5. The summed E-state index contributed by atoms with van der Waals surface area (Å²) in [6, 6.07) is 61.5. The highest BCUT2D eigenvalue weighted by atomic mass is 79.9. The molecule has 0 radical (unpaired) electrons. The number of aryl methyl sites for hydroxylation is 9. The lowest BCUT2D eigenvalue weighted by Crippen LogP contribution is -1.90. The molecule has 0 amide bonds. The zero-order valence-electron chi connectivity index (χ0n) is 62.3. The number of aromatic hydroxyl groups is 19. The van der Waals surface area contributed by atoms with Crippen LogP contribution in [0.4, 0.5) is 0 Å². The second kappa shape index (κ2) is 46.6. The molecular formula is C86H92BrClO22. The van der Waals surface area contributed by atoms with E-state index < -0.39 is 40.2 Å². The number of phenolic OH excluding ortho intramolecular Hbond substituents is 19.